The second-order valence-corrected chi connectivity index (χ2v) is 15.6. The molecule has 0 saturated carbocycles. The summed E-state index contributed by atoms with van der Waals surface area (Å²) in [7, 11) is 0. The molecule has 2 aromatic heterocycles. The molecule has 2 heterocycles. The zero-order chi connectivity index (χ0) is 43.1. The van der Waals surface area contributed by atoms with Gasteiger partial charge in [-0.3, -0.25) is 0 Å². The fraction of sp³-hybridized carbons (Fsp3) is 0.0755. The Labute approximate surface area is 351 Å². The van der Waals surface area contributed by atoms with Crippen molar-refractivity contribution < 1.29 is 26.3 Å². The highest BCUT2D eigenvalue weighted by atomic mass is 19.4. The summed E-state index contributed by atoms with van der Waals surface area (Å²) >= 11 is 0. The standard InChI is InChI=1S/C53H33F6N3/c1-31-10-7-12-33(24-31)35-20-22-40-38-14-3-5-18-45(38)61(47(40)26-35)49-28-37(51-43(52(54,55)56)16-9-17-44(51)53(57,58)59)29-50(42(49)30-60)62-46-19-6-4-15-39(46)41-23-21-36(27-48(41)62)34-13-8-11-32(2)25-34/h3-29H,1-2H3. The summed E-state index contributed by atoms with van der Waals surface area (Å²) in [5.74, 6) is 0. The van der Waals surface area contributed by atoms with Crippen LogP contribution in [0.4, 0.5) is 26.3 Å². The Kier molecular flexibility index (Phi) is 8.89. The number of aryl methyl sites for hydroxylation is 2. The molecule has 10 aromatic rings. The first kappa shape index (κ1) is 38.6. The topological polar surface area (TPSA) is 33.6 Å². The van der Waals surface area contributed by atoms with Crippen LogP contribution in [0.3, 0.4) is 0 Å². The monoisotopic (exact) mass is 825 g/mol. The lowest BCUT2D eigenvalue weighted by atomic mass is 9.91. The lowest BCUT2D eigenvalue weighted by Crippen LogP contribution is -2.15. The van der Waals surface area contributed by atoms with Crippen molar-refractivity contribution in [3.8, 4) is 50.8 Å². The highest BCUT2D eigenvalue weighted by molar-refractivity contribution is 6.12. The predicted molar refractivity (Wildman–Crippen MR) is 236 cm³/mol. The van der Waals surface area contributed by atoms with Crippen LogP contribution in [0.15, 0.2) is 164 Å². The van der Waals surface area contributed by atoms with Gasteiger partial charge >= 0.3 is 12.4 Å². The van der Waals surface area contributed by atoms with Crippen LogP contribution >= 0.6 is 0 Å². The van der Waals surface area contributed by atoms with Crippen molar-refractivity contribution >= 4 is 43.6 Å². The number of nitrogens with zero attached hydrogens (tertiary/aromatic N) is 3. The Bertz CT molecular complexity index is 3270. The molecule has 0 amide bonds. The third-order valence-electron chi connectivity index (χ3n) is 11.7. The number of halogens is 6. The average Bonchev–Trinajstić information content (AvgIpc) is 3.77. The number of fused-ring (bicyclic) bond motifs is 6. The van der Waals surface area contributed by atoms with E-state index in [1.807, 2.05) is 147 Å². The van der Waals surface area contributed by atoms with Crippen LogP contribution in [0.5, 0.6) is 0 Å². The molecule has 302 valence electrons. The zero-order valence-electron chi connectivity index (χ0n) is 33.2. The fourth-order valence-electron chi connectivity index (χ4n) is 9.03. The number of aromatic nitrogens is 2. The van der Waals surface area contributed by atoms with Gasteiger partial charge < -0.3 is 9.13 Å². The summed E-state index contributed by atoms with van der Waals surface area (Å²) in [4.78, 5) is 0. The van der Waals surface area contributed by atoms with Crippen LogP contribution in [0, 0.1) is 25.2 Å². The second kappa shape index (κ2) is 14.3. The molecule has 0 bridgehead atoms. The molecule has 0 saturated heterocycles. The Balaban J connectivity index is 1.39. The number of alkyl halides is 6. The Morgan fingerprint density at radius 1 is 0.403 bits per heavy atom. The predicted octanol–water partition coefficient (Wildman–Crippen LogP) is 15.4. The molecule has 0 atom stereocenters. The SMILES string of the molecule is Cc1cccc(-c2ccc3c4ccccc4n(-c4cc(-c5c(C(F)(F)F)cccc5C(F)(F)F)cc(-n5c6ccccc6c6ccc(-c7cccc(C)c7)cc65)c4C#N)c3c2)c1. The summed E-state index contributed by atoms with van der Waals surface area (Å²) in [6.07, 6.45) is -10.3. The molecule has 0 N–H and O–H groups in total. The molecular weight excluding hydrogens is 793 g/mol. The third-order valence-corrected chi connectivity index (χ3v) is 11.7. The van der Waals surface area contributed by atoms with Crippen LogP contribution in [0.1, 0.15) is 27.8 Å². The molecule has 9 heteroatoms. The van der Waals surface area contributed by atoms with Crippen molar-refractivity contribution in [3.05, 3.63) is 192 Å². The molecule has 0 aliphatic rings. The maximum absolute atomic E-state index is 15.1. The maximum atomic E-state index is 15.1. The summed E-state index contributed by atoms with van der Waals surface area (Å²) in [5.41, 5.74) is 4.10. The highest BCUT2D eigenvalue weighted by Crippen LogP contribution is 2.48. The van der Waals surface area contributed by atoms with Gasteiger partial charge in [-0.1, -0.05) is 126 Å². The maximum Gasteiger partial charge on any atom is 0.417 e. The molecule has 8 aromatic carbocycles. The smallest absolute Gasteiger partial charge is 0.308 e. The molecule has 0 unspecified atom stereocenters. The Morgan fingerprint density at radius 2 is 0.806 bits per heavy atom. The normalized spacial score (nSPS) is 12.2. The third kappa shape index (κ3) is 6.29. The lowest BCUT2D eigenvalue weighted by Gasteiger charge is -2.22. The van der Waals surface area contributed by atoms with E-state index in [0.717, 1.165) is 61.0 Å². The number of benzene rings is 8. The molecule has 0 spiro atoms. The molecule has 0 aliphatic heterocycles. The Morgan fingerprint density at radius 3 is 1.23 bits per heavy atom. The summed E-state index contributed by atoms with van der Waals surface area (Å²) in [6, 6.07) is 49.7. The van der Waals surface area contributed by atoms with E-state index in [0.29, 0.717) is 34.2 Å². The Hall–Kier alpha value is -7.57. The van der Waals surface area contributed by atoms with E-state index in [4.69, 9.17) is 0 Å². The first-order valence-corrected chi connectivity index (χ1v) is 19.9. The van der Waals surface area contributed by atoms with Crippen LogP contribution in [0.25, 0.3) is 88.4 Å². The van der Waals surface area contributed by atoms with Gasteiger partial charge in [0.25, 0.3) is 0 Å². The molecular formula is C53H33F6N3. The van der Waals surface area contributed by atoms with Crippen molar-refractivity contribution in [3.63, 3.8) is 0 Å². The van der Waals surface area contributed by atoms with Crippen LogP contribution < -0.4 is 0 Å². The van der Waals surface area contributed by atoms with Gasteiger partial charge in [0.2, 0.25) is 0 Å². The first-order valence-electron chi connectivity index (χ1n) is 19.9. The van der Waals surface area contributed by atoms with E-state index < -0.39 is 29.0 Å². The number of para-hydroxylation sites is 2. The van der Waals surface area contributed by atoms with E-state index in [1.54, 1.807) is 9.13 Å². The van der Waals surface area contributed by atoms with Gasteiger partial charge in [-0.05, 0) is 90.2 Å². The van der Waals surface area contributed by atoms with Crippen molar-refractivity contribution in [2.24, 2.45) is 0 Å². The quantitative estimate of drug-likeness (QED) is 0.159. The lowest BCUT2D eigenvalue weighted by molar-refractivity contribution is -0.142. The van der Waals surface area contributed by atoms with E-state index in [1.165, 1.54) is 12.1 Å². The van der Waals surface area contributed by atoms with Crippen LogP contribution in [-0.2, 0) is 12.4 Å². The van der Waals surface area contributed by atoms with Gasteiger partial charge in [0.15, 0.2) is 0 Å². The minimum absolute atomic E-state index is 0.0546. The van der Waals surface area contributed by atoms with E-state index >= 15 is 26.3 Å². The number of hydrogen-bond donors (Lipinski definition) is 0. The first-order chi connectivity index (χ1) is 29.8. The number of rotatable bonds is 5. The van der Waals surface area contributed by atoms with Gasteiger partial charge in [0.1, 0.15) is 11.6 Å². The molecule has 10 rings (SSSR count). The van der Waals surface area contributed by atoms with Gasteiger partial charge in [0, 0.05) is 27.1 Å². The molecule has 0 radical (unpaired) electrons. The number of nitriles is 1. The molecule has 0 aliphatic carbocycles. The minimum atomic E-state index is -5.16. The van der Waals surface area contributed by atoms with Crippen LogP contribution in [-0.4, -0.2) is 9.13 Å². The minimum Gasteiger partial charge on any atom is -0.308 e. The van der Waals surface area contributed by atoms with E-state index in [2.05, 4.69) is 6.07 Å². The van der Waals surface area contributed by atoms with Crippen molar-refractivity contribution in [1.29, 1.82) is 5.26 Å². The second-order valence-electron chi connectivity index (χ2n) is 15.6. The summed E-state index contributed by atoms with van der Waals surface area (Å²) in [5, 5.41) is 14.6. The van der Waals surface area contributed by atoms with Crippen molar-refractivity contribution in [2.75, 3.05) is 0 Å². The van der Waals surface area contributed by atoms with E-state index in [9.17, 15) is 5.26 Å². The zero-order valence-corrected chi connectivity index (χ0v) is 33.2. The molecule has 62 heavy (non-hydrogen) atoms. The van der Waals surface area contributed by atoms with Crippen LogP contribution in [0.2, 0.25) is 0 Å². The fourth-order valence-corrected chi connectivity index (χ4v) is 9.03. The van der Waals surface area contributed by atoms with Gasteiger partial charge in [0.05, 0.1) is 44.6 Å². The molecule has 3 nitrogen and oxygen atoms in total. The highest BCUT2D eigenvalue weighted by Gasteiger charge is 2.41. The number of hydrogen-bond acceptors (Lipinski definition) is 1. The average molecular weight is 826 g/mol. The molecule has 0 fully saturated rings. The van der Waals surface area contributed by atoms with Crippen molar-refractivity contribution in [1.82, 2.24) is 9.13 Å². The van der Waals surface area contributed by atoms with Gasteiger partial charge in [-0.25, -0.2) is 0 Å². The van der Waals surface area contributed by atoms with Gasteiger partial charge in [-0.2, -0.15) is 31.6 Å². The van der Waals surface area contributed by atoms with Crippen molar-refractivity contribution in [2.45, 2.75) is 26.2 Å². The summed E-state index contributed by atoms with van der Waals surface area (Å²) < 4.78 is 94.0. The summed E-state index contributed by atoms with van der Waals surface area (Å²) in [6.45, 7) is 3.97. The largest absolute Gasteiger partial charge is 0.417 e. The van der Waals surface area contributed by atoms with E-state index in [-0.39, 0.29) is 22.5 Å². The van der Waals surface area contributed by atoms with Gasteiger partial charge in [-0.15, -0.1) is 0 Å².